The molecule has 10 heteroatoms. The highest BCUT2D eigenvalue weighted by Gasteiger charge is 2.47. The van der Waals surface area contributed by atoms with E-state index in [2.05, 4.69) is 5.32 Å². The van der Waals surface area contributed by atoms with Crippen molar-refractivity contribution in [1.29, 1.82) is 0 Å². The Morgan fingerprint density at radius 1 is 1.11 bits per heavy atom. The third-order valence-electron chi connectivity index (χ3n) is 5.40. The first-order valence-electron chi connectivity index (χ1n) is 9.40. The summed E-state index contributed by atoms with van der Waals surface area (Å²) in [7, 11) is -3.59. The Bertz CT molecular complexity index is 904. The van der Waals surface area contributed by atoms with Crippen molar-refractivity contribution in [2.45, 2.75) is 36.6 Å². The molecule has 1 unspecified atom stereocenters. The molecule has 0 aromatic heterocycles. The van der Waals surface area contributed by atoms with Gasteiger partial charge < -0.3 is 10.2 Å². The molecule has 150 valence electrons. The van der Waals surface area contributed by atoms with Crippen molar-refractivity contribution in [3.05, 3.63) is 24.3 Å². The van der Waals surface area contributed by atoms with Gasteiger partial charge in [-0.2, -0.15) is 4.31 Å². The van der Waals surface area contributed by atoms with E-state index in [4.69, 9.17) is 0 Å². The van der Waals surface area contributed by atoms with Gasteiger partial charge in [-0.05, 0) is 43.9 Å². The second-order valence-electron chi connectivity index (χ2n) is 7.25. The van der Waals surface area contributed by atoms with Crippen LogP contribution in [0.5, 0.6) is 0 Å². The van der Waals surface area contributed by atoms with Crippen molar-refractivity contribution in [2.24, 2.45) is 0 Å². The standard InChI is InChI=1S/C18H22N4O5S/c23-16(12-22-17(24)15-7-4-10-21(15)18(22)25)19-13-5-3-6-14(11-13)28(26,27)20-8-1-2-9-20/h3,5-6,11,15H,1-2,4,7-10,12H2,(H,19,23). The van der Waals surface area contributed by atoms with Crippen molar-refractivity contribution < 1.29 is 22.8 Å². The van der Waals surface area contributed by atoms with Gasteiger partial charge in [-0.25, -0.2) is 13.2 Å². The maximum atomic E-state index is 12.7. The van der Waals surface area contributed by atoms with Crippen molar-refractivity contribution in [1.82, 2.24) is 14.1 Å². The lowest BCUT2D eigenvalue weighted by Crippen LogP contribution is -2.39. The maximum Gasteiger partial charge on any atom is 0.327 e. The monoisotopic (exact) mass is 406 g/mol. The number of urea groups is 1. The Morgan fingerprint density at radius 2 is 1.86 bits per heavy atom. The minimum Gasteiger partial charge on any atom is -0.324 e. The third-order valence-corrected chi connectivity index (χ3v) is 7.30. The summed E-state index contributed by atoms with van der Waals surface area (Å²) in [5, 5.41) is 2.59. The van der Waals surface area contributed by atoms with Crippen LogP contribution >= 0.6 is 0 Å². The zero-order valence-electron chi connectivity index (χ0n) is 15.3. The Morgan fingerprint density at radius 3 is 2.57 bits per heavy atom. The summed E-state index contributed by atoms with van der Waals surface area (Å²) in [5.74, 6) is -0.887. The quantitative estimate of drug-likeness (QED) is 0.729. The van der Waals surface area contributed by atoms with E-state index in [1.807, 2.05) is 0 Å². The van der Waals surface area contributed by atoms with Gasteiger partial charge in [-0.1, -0.05) is 6.07 Å². The topological polar surface area (TPSA) is 107 Å². The molecule has 3 fully saturated rings. The number of nitrogens with zero attached hydrogens (tertiary/aromatic N) is 3. The molecule has 9 nitrogen and oxygen atoms in total. The highest BCUT2D eigenvalue weighted by molar-refractivity contribution is 7.89. The molecule has 0 spiro atoms. The first-order valence-corrected chi connectivity index (χ1v) is 10.8. The van der Waals surface area contributed by atoms with Crippen molar-refractivity contribution in [3.8, 4) is 0 Å². The summed E-state index contributed by atoms with van der Waals surface area (Å²) >= 11 is 0. The molecule has 1 atom stereocenters. The third kappa shape index (κ3) is 3.26. The van der Waals surface area contributed by atoms with E-state index >= 15 is 0 Å². The molecule has 4 rings (SSSR count). The second-order valence-corrected chi connectivity index (χ2v) is 9.18. The van der Waals surface area contributed by atoms with Crippen LogP contribution in [0.3, 0.4) is 0 Å². The van der Waals surface area contributed by atoms with Gasteiger partial charge in [0.15, 0.2) is 0 Å². The molecular weight excluding hydrogens is 384 g/mol. The molecule has 3 aliphatic rings. The highest BCUT2D eigenvalue weighted by Crippen LogP contribution is 2.27. The SMILES string of the molecule is O=C(CN1C(=O)C2CCCN2C1=O)Nc1cccc(S(=O)(=O)N2CCCC2)c1. The Hall–Kier alpha value is -2.46. The average Bonchev–Trinajstić information content (AvgIpc) is 3.40. The fourth-order valence-corrected chi connectivity index (χ4v) is 5.55. The van der Waals surface area contributed by atoms with E-state index in [0.29, 0.717) is 31.7 Å². The van der Waals surface area contributed by atoms with Crippen LogP contribution in [-0.4, -0.2) is 72.6 Å². The predicted octanol–water partition coefficient (Wildman–Crippen LogP) is 0.836. The van der Waals surface area contributed by atoms with Crippen LogP contribution < -0.4 is 5.32 Å². The van der Waals surface area contributed by atoms with Gasteiger partial charge in [0.25, 0.3) is 5.91 Å². The van der Waals surface area contributed by atoms with Gasteiger partial charge in [0.2, 0.25) is 15.9 Å². The molecule has 4 amide bonds. The van der Waals surface area contributed by atoms with Crippen LogP contribution in [0.2, 0.25) is 0 Å². The van der Waals surface area contributed by atoms with Crippen LogP contribution in [0.4, 0.5) is 10.5 Å². The molecule has 3 aliphatic heterocycles. The Kier molecular flexibility index (Phi) is 4.84. The zero-order valence-corrected chi connectivity index (χ0v) is 16.2. The fraction of sp³-hybridized carbons (Fsp3) is 0.500. The van der Waals surface area contributed by atoms with Crippen LogP contribution in [0, 0.1) is 0 Å². The predicted molar refractivity (Wildman–Crippen MR) is 99.9 cm³/mol. The van der Waals surface area contributed by atoms with Crippen molar-refractivity contribution in [3.63, 3.8) is 0 Å². The van der Waals surface area contributed by atoms with Crippen LogP contribution in [0.25, 0.3) is 0 Å². The number of imide groups is 1. The fourth-order valence-electron chi connectivity index (χ4n) is 3.98. The Labute approximate surface area is 163 Å². The summed E-state index contributed by atoms with van der Waals surface area (Å²) in [4.78, 5) is 39.5. The van der Waals surface area contributed by atoms with E-state index in [9.17, 15) is 22.8 Å². The Balaban J connectivity index is 1.44. The van der Waals surface area contributed by atoms with Gasteiger partial charge in [0, 0.05) is 25.3 Å². The van der Waals surface area contributed by atoms with Gasteiger partial charge in [0.1, 0.15) is 12.6 Å². The number of anilines is 1. The summed E-state index contributed by atoms with van der Waals surface area (Å²) in [5.41, 5.74) is 0.310. The van der Waals surface area contributed by atoms with Gasteiger partial charge in [-0.3, -0.25) is 14.5 Å². The van der Waals surface area contributed by atoms with E-state index < -0.39 is 28.0 Å². The molecule has 28 heavy (non-hydrogen) atoms. The number of fused-ring (bicyclic) bond motifs is 1. The lowest BCUT2D eigenvalue weighted by atomic mass is 10.2. The van der Waals surface area contributed by atoms with E-state index in [0.717, 1.165) is 24.2 Å². The molecular formula is C18H22N4O5S. The minimum atomic E-state index is -3.59. The van der Waals surface area contributed by atoms with Crippen LogP contribution in [0.1, 0.15) is 25.7 Å². The summed E-state index contributed by atoms with van der Waals surface area (Å²) in [6.07, 6.45) is 3.09. The number of benzene rings is 1. The summed E-state index contributed by atoms with van der Waals surface area (Å²) < 4.78 is 26.8. The second kappa shape index (κ2) is 7.17. The largest absolute Gasteiger partial charge is 0.327 e. The first-order chi connectivity index (χ1) is 13.4. The summed E-state index contributed by atoms with van der Waals surface area (Å²) in [6.45, 7) is 1.14. The molecule has 0 bridgehead atoms. The lowest BCUT2D eigenvalue weighted by Gasteiger charge is -2.17. The lowest BCUT2D eigenvalue weighted by molar-refractivity contribution is -0.131. The van der Waals surface area contributed by atoms with Crippen LogP contribution in [0.15, 0.2) is 29.2 Å². The number of carbonyl (C=O) groups is 3. The molecule has 3 heterocycles. The smallest absolute Gasteiger partial charge is 0.324 e. The molecule has 0 aliphatic carbocycles. The zero-order chi connectivity index (χ0) is 19.9. The minimum absolute atomic E-state index is 0.112. The molecule has 1 aromatic rings. The van der Waals surface area contributed by atoms with Gasteiger partial charge in [0.05, 0.1) is 4.90 Å². The molecule has 0 radical (unpaired) electrons. The molecule has 3 saturated heterocycles. The van der Waals surface area contributed by atoms with Gasteiger partial charge >= 0.3 is 6.03 Å². The number of nitrogens with one attached hydrogen (secondary N) is 1. The number of hydrogen-bond donors (Lipinski definition) is 1. The highest BCUT2D eigenvalue weighted by atomic mass is 32.2. The number of carbonyl (C=O) groups excluding carboxylic acids is 3. The number of hydrogen-bond acceptors (Lipinski definition) is 5. The number of amides is 4. The van der Waals surface area contributed by atoms with Crippen molar-refractivity contribution in [2.75, 3.05) is 31.5 Å². The molecule has 0 saturated carbocycles. The van der Waals surface area contributed by atoms with Crippen molar-refractivity contribution >= 4 is 33.6 Å². The average molecular weight is 406 g/mol. The van der Waals surface area contributed by atoms with E-state index in [1.54, 1.807) is 12.1 Å². The first kappa shape index (κ1) is 18.9. The van der Waals surface area contributed by atoms with E-state index in [-0.39, 0.29) is 17.3 Å². The van der Waals surface area contributed by atoms with Crippen LogP contribution in [-0.2, 0) is 19.6 Å². The molecule has 1 aromatic carbocycles. The van der Waals surface area contributed by atoms with E-state index in [1.165, 1.54) is 21.3 Å². The summed E-state index contributed by atoms with van der Waals surface area (Å²) in [6, 6.07) is 5.14. The number of rotatable bonds is 5. The normalized spacial score (nSPS) is 22.8. The molecule has 1 N–H and O–H groups in total. The van der Waals surface area contributed by atoms with Gasteiger partial charge in [-0.15, -0.1) is 0 Å². The maximum absolute atomic E-state index is 12.7. The number of sulfonamides is 1.